The van der Waals surface area contributed by atoms with E-state index in [1.165, 1.54) is 0 Å². The van der Waals surface area contributed by atoms with Gasteiger partial charge in [-0.05, 0) is 42.6 Å². The standard InChI is InChI=1S/C13H25NO2/c1-4-10-5-13(8-14,7-12(15)16)6-11(10)9(2)3/h9-11H,4-8,14H2,1-3H3,(H,15,16)/t10-,11-,13+/m1/s1. The van der Waals surface area contributed by atoms with Gasteiger partial charge >= 0.3 is 5.97 Å². The normalized spacial score (nSPS) is 34.6. The van der Waals surface area contributed by atoms with E-state index in [1.54, 1.807) is 0 Å². The molecule has 1 aliphatic carbocycles. The van der Waals surface area contributed by atoms with Crippen molar-refractivity contribution < 1.29 is 9.90 Å². The van der Waals surface area contributed by atoms with E-state index in [0.717, 1.165) is 19.3 Å². The minimum atomic E-state index is -0.704. The molecule has 3 heteroatoms. The van der Waals surface area contributed by atoms with Gasteiger partial charge in [0.05, 0.1) is 6.42 Å². The molecule has 0 radical (unpaired) electrons. The summed E-state index contributed by atoms with van der Waals surface area (Å²) in [6, 6.07) is 0. The third kappa shape index (κ3) is 2.76. The summed E-state index contributed by atoms with van der Waals surface area (Å²) < 4.78 is 0. The molecular weight excluding hydrogens is 202 g/mol. The number of carboxylic acid groups (broad SMARTS) is 1. The zero-order chi connectivity index (χ0) is 12.3. The largest absolute Gasteiger partial charge is 0.481 e. The van der Waals surface area contributed by atoms with E-state index in [0.29, 0.717) is 24.3 Å². The Morgan fingerprint density at radius 1 is 1.50 bits per heavy atom. The topological polar surface area (TPSA) is 63.3 Å². The molecule has 0 aromatic rings. The van der Waals surface area contributed by atoms with E-state index in [-0.39, 0.29) is 11.8 Å². The minimum Gasteiger partial charge on any atom is -0.481 e. The van der Waals surface area contributed by atoms with Crippen LogP contribution in [0.25, 0.3) is 0 Å². The Morgan fingerprint density at radius 2 is 2.12 bits per heavy atom. The lowest BCUT2D eigenvalue weighted by molar-refractivity contribution is -0.139. The molecule has 3 nitrogen and oxygen atoms in total. The van der Waals surface area contributed by atoms with E-state index in [9.17, 15) is 4.79 Å². The first-order valence-electron chi connectivity index (χ1n) is 6.36. The van der Waals surface area contributed by atoms with Gasteiger partial charge < -0.3 is 10.8 Å². The van der Waals surface area contributed by atoms with Crippen molar-refractivity contribution in [3.63, 3.8) is 0 Å². The molecule has 1 aliphatic rings. The van der Waals surface area contributed by atoms with Crippen molar-refractivity contribution in [2.45, 2.75) is 46.5 Å². The Kier molecular flexibility index (Phi) is 4.36. The molecule has 0 aromatic carbocycles. The summed E-state index contributed by atoms with van der Waals surface area (Å²) >= 11 is 0. The lowest BCUT2D eigenvalue weighted by Gasteiger charge is -2.26. The summed E-state index contributed by atoms with van der Waals surface area (Å²) in [5.74, 6) is 1.23. The number of hydrogen-bond donors (Lipinski definition) is 2. The van der Waals surface area contributed by atoms with Crippen LogP contribution >= 0.6 is 0 Å². The van der Waals surface area contributed by atoms with Crippen LogP contribution in [0.5, 0.6) is 0 Å². The van der Waals surface area contributed by atoms with Crippen molar-refractivity contribution in [2.75, 3.05) is 6.54 Å². The molecule has 1 fully saturated rings. The van der Waals surface area contributed by atoms with E-state index in [1.807, 2.05) is 0 Å². The fourth-order valence-corrected chi connectivity index (χ4v) is 3.39. The second-order valence-corrected chi connectivity index (χ2v) is 5.76. The summed E-state index contributed by atoms with van der Waals surface area (Å²) in [7, 11) is 0. The molecule has 0 amide bonds. The highest BCUT2D eigenvalue weighted by Crippen LogP contribution is 2.51. The van der Waals surface area contributed by atoms with Crippen LogP contribution in [0.4, 0.5) is 0 Å². The zero-order valence-electron chi connectivity index (χ0n) is 10.7. The van der Waals surface area contributed by atoms with Crippen LogP contribution in [0, 0.1) is 23.2 Å². The van der Waals surface area contributed by atoms with Crippen molar-refractivity contribution in [3.8, 4) is 0 Å². The Morgan fingerprint density at radius 3 is 2.44 bits per heavy atom. The molecule has 0 unspecified atom stereocenters. The average molecular weight is 227 g/mol. The molecule has 16 heavy (non-hydrogen) atoms. The molecule has 94 valence electrons. The number of nitrogens with two attached hydrogens (primary N) is 1. The molecule has 1 rings (SSSR count). The lowest BCUT2D eigenvalue weighted by Crippen LogP contribution is -2.31. The van der Waals surface area contributed by atoms with Crippen LogP contribution in [-0.2, 0) is 4.79 Å². The van der Waals surface area contributed by atoms with Crippen LogP contribution in [0.3, 0.4) is 0 Å². The smallest absolute Gasteiger partial charge is 0.303 e. The van der Waals surface area contributed by atoms with Gasteiger partial charge in [-0.1, -0.05) is 27.2 Å². The summed E-state index contributed by atoms with van der Waals surface area (Å²) in [4.78, 5) is 10.9. The van der Waals surface area contributed by atoms with E-state index < -0.39 is 5.97 Å². The second kappa shape index (κ2) is 5.17. The number of aliphatic carboxylic acids is 1. The van der Waals surface area contributed by atoms with E-state index in [2.05, 4.69) is 20.8 Å². The highest BCUT2D eigenvalue weighted by Gasteiger charge is 2.45. The molecule has 1 saturated carbocycles. The minimum absolute atomic E-state index is 0.137. The number of hydrogen-bond acceptors (Lipinski definition) is 2. The molecule has 3 N–H and O–H groups in total. The molecule has 0 saturated heterocycles. The van der Waals surface area contributed by atoms with Gasteiger partial charge in [0.15, 0.2) is 0 Å². The predicted molar refractivity (Wildman–Crippen MR) is 65.1 cm³/mol. The maximum absolute atomic E-state index is 10.9. The number of carboxylic acids is 1. The zero-order valence-corrected chi connectivity index (χ0v) is 10.7. The molecule has 3 atom stereocenters. The Bertz CT molecular complexity index is 252. The van der Waals surface area contributed by atoms with Crippen LogP contribution in [0.1, 0.15) is 46.5 Å². The highest BCUT2D eigenvalue weighted by atomic mass is 16.4. The maximum Gasteiger partial charge on any atom is 0.303 e. The van der Waals surface area contributed by atoms with Gasteiger partial charge in [-0.2, -0.15) is 0 Å². The second-order valence-electron chi connectivity index (χ2n) is 5.76. The summed E-state index contributed by atoms with van der Waals surface area (Å²) in [6.07, 6.45) is 3.37. The van der Waals surface area contributed by atoms with Gasteiger partial charge in [0.25, 0.3) is 0 Å². The summed E-state index contributed by atoms with van der Waals surface area (Å²) in [6.45, 7) is 7.19. The monoisotopic (exact) mass is 227 g/mol. The third-order valence-electron chi connectivity index (χ3n) is 4.31. The van der Waals surface area contributed by atoms with Gasteiger partial charge in [-0.3, -0.25) is 4.79 Å². The molecule has 0 spiro atoms. The van der Waals surface area contributed by atoms with Crippen LogP contribution < -0.4 is 5.73 Å². The maximum atomic E-state index is 10.9. The number of rotatable bonds is 5. The quantitative estimate of drug-likeness (QED) is 0.758. The van der Waals surface area contributed by atoms with Gasteiger partial charge in [0, 0.05) is 0 Å². The molecular formula is C13H25NO2. The molecule has 0 bridgehead atoms. The Balaban J connectivity index is 2.80. The summed E-state index contributed by atoms with van der Waals surface area (Å²) in [5, 5.41) is 9.00. The molecule has 0 aliphatic heterocycles. The van der Waals surface area contributed by atoms with Gasteiger partial charge in [0.2, 0.25) is 0 Å². The average Bonchev–Trinajstić information content (AvgIpc) is 2.57. The van der Waals surface area contributed by atoms with E-state index in [4.69, 9.17) is 10.8 Å². The fourth-order valence-electron chi connectivity index (χ4n) is 3.39. The third-order valence-corrected chi connectivity index (χ3v) is 4.31. The summed E-state index contributed by atoms with van der Waals surface area (Å²) in [5.41, 5.74) is 5.70. The highest BCUT2D eigenvalue weighted by molar-refractivity contribution is 5.67. The number of carbonyl (C=O) groups is 1. The molecule has 0 heterocycles. The first kappa shape index (κ1) is 13.5. The molecule has 0 aromatic heterocycles. The van der Waals surface area contributed by atoms with Crippen LogP contribution in [-0.4, -0.2) is 17.6 Å². The van der Waals surface area contributed by atoms with Crippen LogP contribution in [0.2, 0.25) is 0 Å². The van der Waals surface area contributed by atoms with E-state index >= 15 is 0 Å². The predicted octanol–water partition coefficient (Wildman–Crippen LogP) is 2.50. The van der Waals surface area contributed by atoms with Crippen LogP contribution in [0.15, 0.2) is 0 Å². The van der Waals surface area contributed by atoms with Gasteiger partial charge in [0.1, 0.15) is 0 Å². The van der Waals surface area contributed by atoms with Gasteiger partial charge in [-0.15, -0.1) is 0 Å². The fraction of sp³-hybridized carbons (Fsp3) is 0.923. The Labute approximate surface area is 98.4 Å². The van der Waals surface area contributed by atoms with Crippen molar-refractivity contribution in [1.29, 1.82) is 0 Å². The Hall–Kier alpha value is -0.570. The first-order valence-corrected chi connectivity index (χ1v) is 6.36. The SMILES string of the molecule is CC[C@@H]1C[C@@](CN)(CC(=O)O)C[C@@H]1C(C)C. The van der Waals surface area contributed by atoms with Crippen molar-refractivity contribution in [3.05, 3.63) is 0 Å². The van der Waals surface area contributed by atoms with Crippen molar-refractivity contribution >= 4 is 5.97 Å². The first-order chi connectivity index (χ1) is 7.44. The lowest BCUT2D eigenvalue weighted by atomic mass is 9.80. The van der Waals surface area contributed by atoms with Crippen molar-refractivity contribution in [2.24, 2.45) is 28.9 Å². The van der Waals surface area contributed by atoms with Crippen molar-refractivity contribution in [1.82, 2.24) is 0 Å². The van der Waals surface area contributed by atoms with Gasteiger partial charge in [-0.25, -0.2) is 0 Å².